The molecule has 2 N–H and O–H groups in total. The lowest BCUT2D eigenvalue weighted by Gasteiger charge is -2.09. The number of ether oxygens (including phenoxy) is 1. The van der Waals surface area contributed by atoms with Crippen molar-refractivity contribution in [3.8, 4) is 12.3 Å². The van der Waals surface area contributed by atoms with Crippen LogP contribution >= 0.6 is 0 Å². The van der Waals surface area contributed by atoms with E-state index in [4.69, 9.17) is 11.2 Å². The molecule has 16 heavy (non-hydrogen) atoms. The number of methoxy groups -OCH3 is 1. The summed E-state index contributed by atoms with van der Waals surface area (Å²) in [4.78, 5) is 11.3. The number of aliphatic hydroxyl groups is 1. The van der Waals surface area contributed by atoms with Crippen LogP contribution in [0.5, 0.6) is 0 Å². The summed E-state index contributed by atoms with van der Waals surface area (Å²) in [6.45, 7) is 0.788. The van der Waals surface area contributed by atoms with Gasteiger partial charge in [0.1, 0.15) is 0 Å². The Hall–Kier alpha value is -1.05. The normalized spacial score (nSPS) is 11.8. The van der Waals surface area contributed by atoms with Gasteiger partial charge in [-0.2, -0.15) is 0 Å². The van der Waals surface area contributed by atoms with Crippen LogP contribution in [-0.4, -0.2) is 37.4 Å². The van der Waals surface area contributed by atoms with Gasteiger partial charge in [0.05, 0.1) is 12.7 Å². The van der Waals surface area contributed by atoms with Crippen LogP contribution in [0.4, 0.5) is 0 Å². The summed E-state index contributed by atoms with van der Waals surface area (Å²) in [5, 5.41) is 12.1. The summed E-state index contributed by atoms with van der Waals surface area (Å²) in [7, 11) is 1.54. The van der Waals surface area contributed by atoms with Crippen molar-refractivity contribution in [3.05, 3.63) is 0 Å². The van der Waals surface area contributed by atoms with Crippen LogP contribution in [0.3, 0.4) is 0 Å². The molecule has 1 atom stereocenters. The molecule has 1 amide bonds. The van der Waals surface area contributed by atoms with E-state index in [1.807, 2.05) is 0 Å². The van der Waals surface area contributed by atoms with Gasteiger partial charge >= 0.3 is 0 Å². The number of aliphatic hydroxyl groups excluding tert-OH is 1. The number of carbonyl (C=O) groups excluding carboxylic acids is 1. The van der Waals surface area contributed by atoms with Crippen LogP contribution in [0.15, 0.2) is 0 Å². The fourth-order valence-corrected chi connectivity index (χ4v) is 1.25. The second-order valence-electron chi connectivity index (χ2n) is 3.66. The van der Waals surface area contributed by atoms with E-state index in [0.717, 1.165) is 19.3 Å². The summed E-state index contributed by atoms with van der Waals surface area (Å²) < 4.78 is 4.77. The Labute approximate surface area is 97.4 Å². The van der Waals surface area contributed by atoms with E-state index >= 15 is 0 Å². The maximum absolute atomic E-state index is 11.3. The third-order valence-corrected chi connectivity index (χ3v) is 2.13. The minimum Gasteiger partial charge on any atom is -0.391 e. The largest absolute Gasteiger partial charge is 0.391 e. The molecule has 1 unspecified atom stereocenters. The number of hydrogen-bond donors (Lipinski definition) is 2. The highest BCUT2D eigenvalue weighted by Gasteiger charge is 2.04. The van der Waals surface area contributed by atoms with Crippen molar-refractivity contribution in [3.63, 3.8) is 0 Å². The van der Waals surface area contributed by atoms with Gasteiger partial charge in [0.25, 0.3) is 0 Å². The Balaban J connectivity index is 3.33. The highest BCUT2D eigenvalue weighted by Crippen LogP contribution is 1.98. The van der Waals surface area contributed by atoms with Gasteiger partial charge in [-0.25, -0.2) is 0 Å². The molecule has 0 saturated heterocycles. The lowest BCUT2D eigenvalue weighted by atomic mass is 10.2. The summed E-state index contributed by atoms with van der Waals surface area (Å²) in [6.07, 6.45) is 8.03. The Morgan fingerprint density at radius 3 is 2.94 bits per heavy atom. The Bertz CT molecular complexity index is 223. The van der Waals surface area contributed by atoms with E-state index in [0.29, 0.717) is 26.0 Å². The highest BCUT2D eigenvalue weighted by atomic mass is 16.5. The van der Waals surface area contributed by atoms with Crippen molar-refractivity contribution in [2.45, 2.75) is 38.2 Å². The molecule has 0 aliphatic carbocycles. The van der Waals surface area contributed by atoms with Crippen molar-refractivity contribution >= 4 is 5.91 Å². The molecule has 0 saturated carbocycles. The molecule has 0 fully saturated rings. The molecule has 92 valence electrons. The van der Waals surface area contributed by atoms with Crippen LogP contribution in [-0.2, 0) is 9.53 Å². The molecule has 4 heteroatoms. The van der Waals surface area contributed by atoms with E-state index in [-0.39, 0.29) is 5.91 Å². The predicted molar refractivity (Wildman–Crippen MR) is 62.8 cm³/mol. The van der Waals surface area contributed by atoms with Crippen LogP contribution in [0.1, 0.15) is 32.1 Å². The number of rotatable bonds is 9. The van der Waals surface area contributed by atoms with E-state index in [2.05, 4.69) is 11.2 Å². The minimum atomic E-state index is -0.508. The van der Waals surface area contributed by atoms with Crippen molar-refractivity contribution in [2.24, 2.45) is 0 Å². The Morgan fingerprint density at radius 1 is 1.56 bits per heavy atom. The molecule has 0 aliphatic heterocycles. The maximum atomic E-state index is 11.3. The highest BCUT2D eigenvalue weighted by molar-refractivity contribution is 5.75. The molecular formula is C12H21NO3. The topological polar surface area (TPSA) is 58.6 Å². The first-order valence-electron chi connectivity index (χ1n) is 5.58. The quantitative estimate of drug-likeness (QED) is 0.450. The van der Waals surface area contributed by atoms with Crippen LogP contribution in [0.25, 0.3) is 0 Å². The molecule has 0 heterocycles. The molecule has 0 aromatic carbocycles. The first kappa shape index (κ1) is 14.9. The Kier molecular flexibility index (Phi) is 9.78. The number of carbonyl (C=O) groups is 1. The van der Waals surface area contributed by atoms with Gasteiger partial charge in [-0.1, -0.05) is 0 Å². The third-order valence-electron chi connectivity index (χ3n) is 2.13. The standard InChI is InChI=1S/C12H21NO3/c1-3-4-5-6-7-12(15)13-9-8-11(14)10-16-2/h1,11,14H,4-10H2,2H3,(H,13,15). The molecular weight excluding hydrogens is 206 g/mol. The minimum absolute atomic E-state index is 0.0154. The van der Waals surface area contributed by atoms with E-state index in [1.54, 1.807) is 0 Å². The smallest absolute Gasteiger partial charge is 0.219 e. The zero-order chi connectivity index (χ0) is 12.2. The summed E-state index contributed by atoms with van der Waals surface area (Å²) in [5.41, 5.74) is 0. The van der Waals surface area contributed by atoms with Crippen molar-refractivity contribution in [1.29, 1.82) is 0 Å². The number of hydrogen-bond acceptors (Lipinski definition) is 3. The third kappa shape index (κ3) is 9.50. The summed E-state index contributed by atoms with van der Waals surface area (Å²) >= 11 is 0. The fourth-order valence-electron chi connectivity index (χ4n) is 1.25. The number of terminal acetylenes is 1. The number of nitrogens with one attached hydrogen (secondary N) is 1. The lowest BCUT2D eigenvalue weighted by molar-refractivity contribution is -0.121. The average Bonchev–Trinajstić information content (AvgIpc) is 2.25. The van der Waals surface area contributed by atoms with Crippen molar-refractivity contribution in [2.75, 3.05) is 20.3 Å². The zero-order valence-electron chi connectivity index (χ0n) is 9.87. The molecule has 0 radical (unpaired) electrons. The van der Waals surface area contributed by atoms with Gasteiger partial charge in [0.15, 0.2) is 0 Å². The molecule has 0 spiro atoms. The summed E-state index contributed by atoms with van der Waals surface area (Å²) in [6, 6.07) is 0. The van der Waals surface area contributed by atoms with Crippen molar-refractivity contribution < 1.29 is 14.6 Å². The summed E-state index contributed by atoms with van der Waals surface area (Å²) in [5.74, 6) is 2.55. The average molecular weight is 227 g/mol. The van der Waals surface area contributed by atoms with Gasteiger partial charge in [-0.05, 0) is 19.3 Å². The van der Waals surface area contributed by atoms with E-state index < -0.39 is 6.10 Å². The SMILES string of the molecule is C#CCCCCC(=O)NCCC(O)COC. The van der Waals surface area contributed by atoms with Crippen LogP contribution in [0, 0.1) is 12.3 Å². The Morgan fingerprint density at radius 2 is 2.31 bits per heavy atom. The molecule has 0 aromatic heterocycles. The first-order chi connectivity index (χ1) is 7.70. The van der Waals surface area contributed by atoms with Crippen LogP contribution < -0.4 is 5.32 Å². The van der Waals surface area contributed by atoms with Crippen LogP contribution in [0.2, 0.25) is 0 Å². The van der Waals surface area contributed by atoms with Gasteiger partial charge in [-0.15, -0.1) is 12.3 Å². The number of amides is 1. The molecule has 0 rings (SSSR count). The monoisotopic (exact) mass is 227 g/mol. The maximum Gasteiger partial charge on any atom is 0.219 e. The van der Waals surface area contributed by atoms with Gasteiger partial charge in [0.2, 0.25) is 5.91 Å². The molecule has 0 aliphatic rings. The predicted octanol–water partition coefficient (Wildman–Crippen LogP) is 0.694. The number of unbranched alkanes of at least 4 members (excludes halogenated alkanes) is 2. The lowest BCUT2D eigenvalue weighted by Crippen LogP contribution is -2.28. The first-order valence-corrected chi connectivity index (χ1v) is 5.58. The van der Waals surface area contributed by atoms with Gasteiger partial charge in [-0.3, -0.25) is 4.79 Å². The molecule has 0 bridgehead atoms. The molecule has 4 nitrogen and oxygen atoms in total. The van der Waals surface area contributed by atoms with E-state index in [1.165, 1.54) is 7.11 Å². The fraction of sp³-hybridized carbons (Fsp3) is 0.750. The van der Waals surface area contributed by atoms with Gasteiger partial charge in [0, 0.05) is 26.5 Å². The van der Waals surface area contributed by atoms with E-state index in [9.17, 15) is 9.90 Å². The van der Waals surface area contributed by atoms with Gasteiger partial charge < -0.3 is 15.2 Å². The molecule has 0 aromatic rings. The van der Waals surface area contributed by atoms with Crippen molar-refractivity contribution in [1.82, 2.24) is 5.32 Å². The second-order valence-corrected chi connectivity index (χ2v) is 3.66. The zero-order valence-corrected chi connectivity index (χ0v) is 9.87. The second kappa shape index (κ2) is 10.5.